The number of carbonyl (C=O) groups is 1. The number of benzene rings is 2. The third-order valence-electron chi connectivity index (χ3n) is 3.74. The van der Waals surface area contributed by atoms with Crippen molar-refractivity contribution in [1.29, 1.82) is 0 Å². The van der Waals surface area contributed by atoms with Crippen molar-refractivity contribution in [1.82, 2.24) is 0 Å². The van der Waals surface area contributed by atoms with Gasteiger partial charge >= 0.3 is 0 Å². The van der Waals surface area contributed by atoms with E-state index in [2.05, 4.69) is 11.4 Å². The van der Waals surface area contributed by atoms with Gasteiger partial charge < -0.3 is 10.1 Å². The summed E-state index contributed by atoms with van der Waals surface area (Å²) < 4.78 is 5.77. The van der Waals surface area contributed by atoms with E-state index in [0.29, 0.717) is 0 Å². The van der Waals surface area contributed by atoms with Gasteiger partial charge in [-0.05, 0) is 75.1 Å². The fraction of sp³-hybridized carbons (Fsp3) is 0.316. The maximum atomic E-state index is 12.3. The summed E-state index contributed by atoms with van der Waals surface area (Å²) in [6, 6.07) is 11.8. The van der Waals surface area contributed by atoms with Gasteiger partial charge in [0.2, 0.25) is 0 Å². The van der Waals surface area contributed by atoms with E-state index in [1.54, 1.807) is 6.92 Å². The number of nitrogens with one attached hydrogen (secondary N) is 1. The van der Waals surface area contributed by atoms with Crippen molar-refractivity contribution in [2.24, 2.45) is 0 Å². The van der Waals surface area contributed by atoms with E-state index in [0.717, 1.165) is 33.7 Å². The monoisotopic (exact) mass is 297 g/mol. The lowest BCUT2D eigenvalue weighted by atomic mass is 10.1. The summed E-state index contributed by atoms with van der Waals surface area (Å²) >= 11 is 0. The molecule has 2 aromatic rings. The molecule has 0 radical (unpaired) electrons. The first-order valence-electron chi connectivity index (χ1n) is 7.49. The highest BCUT2D eigenvalue weighted by Crippen LogP contribution is 2.20. The van der Waals surface area contributed by atoms with E-state index < -0.39 is 6.10 Å². The minimum Gasteiger partial charge on any atom is -0.481 e. The molecule has 1 N–H and O–H groups in total. The second-order valence-corrected chi connectivity index (χ2v) is 5.82. The number of carbonyl (C=O) groups excluding carboxylic acids is 1. The Kier molecular flexibility index (Phi) is 4.86. The Morgan fingerprint density at radius 2 is 1.68 bits per heavy atom. The molecule has 0 fully saturated rings. The van der Waals surface area contributed by atoms with Crippen LogP contribution >= 0.6 is 0 Å². The van der Waals surface area contributed by atoms with E-state index in [-0.39, 0.29) is 5.91 Å². The molecular weight excluding hydrogens is 274 g/mol. The molecule has 22 heavy (non-hydrogen) atoms. The molecule has 1 amide bonds. The number of hydrogen-bond acceptors (Lipinski definition) is 2. The van der Waals surface area contributed by atoms with Gasteiger partial charge in [-0.2, -0.15) is 0 Å². The molecule has 0 bridgehead atoms. The zero-order valence-corrected chi connectivity index (χ0v) is 13.9. The van der Waals surface area contributed by atoms with Gasteiger partial charge in [0.25, 0.3) is 5.91 Å². The molecule has 0 aliphatic rings. The molecule has 3 nitrogen and oxygen atoms in total. The Morgan fingerprint density at radius 1 is 1.05 bits per heavy atom. The SMILES string of the molecule is Cc1cc(C)cc(O[C@H](C)C(=O)Nc2cccc(C)c2C)c1. The topological polar surface area (TPSA) is 38.3 Å². The predicted octanol–water partition coefficient (Wildman–Crippen LogP) is 4.33. The van der Waals surface area contributed by atoms with Crippen LogP contribution in [0.5, 0.6) is 5.75 Å². The van der Waals surface area contributed by atoms with Crippen LogP contribution < -0.4 is 10.1 Å². The number of ether oxygens (including phenoxy) is 1. The number of rotatable bonds is 4. The van der Waals surface area contributed by atoms with Crippen molar-refractivity contribution in [2.75, 3.05) is 5.32 Å². The lowest BCUT2D eigenvalue weighted by Crippen LogP contribution is -2.30. The average molecular weight is 297 g/mol. The van der Waals surface area contributed by atoms with Gasteiger partial charge in [0.15, 0.2) is 6.10 Å². The third kappa shape index (κ3) is 3.88. The largest absolute Gasteiger partial charge is 0.481 e. The quantitative estimate of drug-likeness (QED) is 0.912. The minimum atomic E-state index is -0.555. The summed E-state index contributed by atoms with van der Waals surface area (Å²) in [6.45, 7) is 9.82. The smallest absolute Gasteiger partial charge is 0.265 e. The van der Waals surface area contributed by atoms with Crippen LogP contribution in [0, 0.1) is 27.7 Å². The summed E-state index contributed by atoms with van der Waals surface area (Å²) in [5.41, 5.74) is 5.31. The maximum absolute atomic E-state index is 12.3. The molecule has 2 aromatic carbocycles. The normalized spacial score (nSPS) is 11.9. The van der Waals surface area contributed by atoms with Crippen LogP contribution in [-0.4, -0.2) is 12.0 Å². The summed E-state index contributed by atoms with van der Waals surface area (Å²) in [4.78, 5) is 12.3. The van der Waals surface area contributed by atoms with Crippen LogP contribution in [0.25, 0.3) is 0 Å². The summed E-state index contributed by atoms with van der Waals surface area (Å²) in [5, 5.41) is 2.94. The number of anilines is 1. The second-order valence-electron chi connectivity index (χ2n) is 5.82. The van der Waals surface area contributed by atoms with Crippen molar-refractivity contribution in [2.45, 2.75) is 40.7 Å². The Hall–Kier alpha value is -2.29. The molecule has 0 unspecified atom stereocenters. The molecule has 0 aromatic heterocycles. The van der Waals surface area contributed by atoms with Crippen LogP contribution in [0.4, 0.5) is 5.69 Å². The molecule has 0 saturated heterocycles. The van der Waals surface area contributed by atoms with Crippen LogP contribution in [0.1, 0.15) is 29.2 Å². The van der Waals surface area contributed by atoms with Crippen molar-refractivity contribution in [3.8, 4) is 5.75 Å². The Balaban J connectivity index is 2.07. The van der Waals surface area contributed by atoms with Crippen LogP contribution in [-0.2, 0) is 4.79 Å². The summed E-state index contributed by atoms with van der Waals surface area (Å²) in [6.07, 6.45) is -0.555. The average Bonchev–Trinajstić information content (AvgIpc) is 2.42. The first-order chi connectivity index (χ1) is 10.4. The van der Waals surface area contributed by atoms with E-state index in [1.165, 1.54) is 0 Å². The number of hydrogen-bond donors (Lipinski definition) is 1. The van der Waals surface area contributed by atoms with Gasteiger partial charge in [0.1, 0.15) is 5.75 Å². The van der Waals surface area contributed by atoms with Crippen molar-refractivity contribution in [3.63, 3.8) is 0 Å². The van der Waals surface area contributed by atoms with Gasteiger partial charge in [-0.15, -0.1) is 0 Å². The molecular formula is C19H23NO2. The van der Waals surface area contributed by atoms with Crippen LogP contribution in [0.2, 0.25) is 0 Å². The van der Waals surface area contributed by atoms with Crippen LogP contribution in [0.15, 0.2) is 36.4 Å². The van der Waals surface area contributed by atoms with E-state index >= 15 is 0 Å². The highest BCUT2D eigenvalue weighted by Gasteiger charge is 2.16. The Labute approximate surface area is 132 Å². The molecule has 2 rings (SSSR count). The zero-order valence-electron chi connectivity index (χ0n) is 13.9. The van der Waals surface area contributed by atoms with Gasteiger partial charge in [-0.25, -0.2) is 0 Å². The van der Waals surface area contributed by atoms with E-state index in [4.69, 9.17) is 4.74 Å². The van der Waals surface area contributed by atoms with E-state index in [9.17, 15) is 4.79 Å². The first kappa shape index (κ1) is 16.1. The second kappa shape index (κ2) is 6.65. The lowest BCUT2D eigenvalue weighted by Gasteiger charge is -2.17. The third-order valence-corrected chi connectivity index (χ3v) is 3.74. The zero-order chi connectivity index (χ0) is 16.3. The molecule has 0 saturated carbocycles. The van der Waals surface area contributed by atoms with Gasteiger partial charge in [-0.1, -0.05) is 18.2 Å². The highest BCUT2D eigenvalue weighted by atomic mass is 16.5. The fourth-order valence-corrected chi connectivity index (χ4v) is 2.38. The molecule has 0 spiro atoms. The molecule has 0 aliphatic heterocycles. The minimum absolute atomic E-state index is 0.146. The standard InChI is InChI=1S/C19H23NO2/c1-12-9-13(2)11-17(10-12)22-16(5)19(21)20-18-8-6-7-14(3)15(18)4/h6-11,16H,1-5H3,(H,20,21)/t16-/m1/s1. The lowest BCUT2D eigenvalue weighted by molar-refractivity contribution is -0.122. The van der Waals surface area contributed by atoms with Crippen molar-refractivity contribution >= 4 is 11.6 Å². The molecule has 116 valence electrons. The summed E-state index contributed by atoms with van der Waals surface area (Å²) in [7, 11) is 0. The first-order valence-corrected chi connectivity index (χ1v) is 7.49. The van der Waals surface area contributed by atoms with E-state index in [1.807, 2.05) is 58.0 Å². The number of aryl methyl sites for hydroxylation is 3. The molecule has 3 heteroatoms. The maximum Gasteiger partial charge on any atom is 0.265 e. The Bertz CT molecular complexity index is 672. The van der Waals surface area contributed by atoms with Gasteiger partial charge in [0.05, 0.1) is 0 Å². The predicted molar refractivity (Wildman–Crippen MR) is 90.6 cm³/mol. The van der Waals surface area contributed by atoms with Crippen molar-refractivity contribution in [3.05, 3.63) is 58.7 Å². The Morgan fingerprint density at radius 3 is 2.32 bits per heavy atom. The number of amides is 1. The fourth-order valence-electron chi connectivity index (χ4n) is 2.38. The molecule has 1 atom stereocenters. The van der Waals surface area contributed by atoms with Gasteiger partial charge in [-0.3, -0.25) is 4.79 Å². The van der Waals surface area contributed by atoms with Crippen LogP contribution in [0.3, 0.4) is 0 Å². The molecule has 0 heterocycles. The highest BCUT2D eigenvalue weighted by molar-refractivity contribution is 5.94. The molecule has 0 aliphatic carbocycles. The summed E-state index contributed by atoms with van der Waals surface area (Å²) in [5.74, 6) is 0.578. The van der Waals surface area contributed by atoms with Crippen molar-refractivity contribution < 1.29 is 9.53 Å². The van der Waals surface area contributed by atoms with Gasteiger partial charge in [0, 0.05) is 5.69 Å².